The molecule has 1 aromatic carbocycles. The smallest absolute Gasteiger partial charge is 0.306 e. The summed E-state index contributed by atoms with van der Waals surface area (Å²) >= 11 is 1.76. The molecule has 5 saturated carbocycles. The van der Waals surface area contributed by atoms with E-state index in [1.807, 2.05) is 23.4 Å². The molecule has 232 valence electrons. The number of anilines is 1. The number of carbonyl (C=O) groups excluding carboxylic acids is 1. The molecule has 2 bridgehead atoms. The Kier molecular flexibility index (Phi) is 7.76. The molecular weight excluding hydrogens is 570 g/mol. The van der Waals surface area contributed by atoms with Crippen LogP contribution < -0.4 is 9.64 Å². The molecule has 0 atom stereocenters. The van der Waals surface area contributed by atoms with E-state index in [1.54, 1.807) is 18.4 Å². The van der Waals surface area contributed by atoms with Crippen LogP contribution >= 0.6 is 11.3 Å². The van der Waals surface area contributed by atoms with Gasteiger partial charge in [-0.25, -0.2) is 9.97 Å². The van der Waals surface area contributed by atoms with Gasteiger partial charge in [0.2, 0.25) is 5.91 Å². The monoisotopic (exact) mass is 613 g/mol. The van der Waals surface area contributed by atoms with Crippen LogP contribution in [0.1, 0.15) is 99.1 Å². The lowest BCUT2D eigenvalue weighted by Gasteiger charge is -2.55. The van der Waals surface area contributed by atoms with E-state index in [0.29, 0.717) is 38.1 Å². The standard InChI is InChI=1S/C36H43N3O4S/c1-23-19-28(9-10-29(23)43-2)36-15-12-35(13-16-36,14-17-36)22-39(33(40)25-5-7-26(8-6-25)34(41)42)31-20-27(11-18-37-31)30-21-38-32(44-30)24-3-4-24/h9-11,18-21,24-26H,3-8,12-17,22H2,1-2H3,(H,41,42). The number of benzene rings is 1. The van der Waals surface area contributed by atoms with Gasteiger partial charge in [0, 0.05) is 30.8 Å². The molecule has 1 N–H and O–H groups in total. The molecule has 8 heteroatoms. The maximum atomic E-state index is 14.4. The Morgan fingerprint density at radius 2 is 1.66 bits per heavy atom. The van der Waals surface area contributed by atoms with Crippen molar-refractivity contribution in [3.05, 3.63) is 58.9 Å². The Morgan fingerprint density at radius 1 is 0.955 bits per heavy atom. The number of amides is 1. The molecule has 3 aromatic rings. The van der Waals surface area contributed by atoms with Crippen LogP contribution in [0.3, 0.4) is 0 Å². The number of aromatic nitrogens is 2. The number of carboxylic acids is 1. The zero-order chi connectivity index (χ0) is 30.5. The van der Waals surface area contributed by atoms with E-state index >= 15 is 0 Å². The molecule has 2 heterocycles. The highest BCUT2D eigenvalue weighted by molar-refractivity contribution is 7.15. The van der Waals surface area contributed by atoms with Gasteiger partial charge in [0.15, 0.2) is 0 Å². The molecule has 0 spiro atoms. The van der Waals surface area contributed by atoms with Gasteiger partial charge in [-0.2, -0.15) is 0 Å². The topological polar surface area (TPSA) is 92.6 Å². The van der Waals surface area contributed by atoms with Crippen LogP contribution in [0.4, 0.5) is 5.82 Å². The van der Waals surface area contributed by atoms with Gasteiger partial charge in [-0.15, -0.1) is 11.3 Å². The van der Waals surface area contributed by atoms with E-state index in [-0.39, 0.29) is 28.6 Å². The molecule has 0 unspecified atom stereocenters. The first-order valence-corrected chi connectivity index (χ1v) is 17.2. The highest BCUT2D eigenvalue weighted by atomic mass is 32.1. The number of hydrogen-bond donors (Lipinski definition) is 1. The second-order valence-electron chi connectivity index (χ2n) is 14.0. The second-order valence-corrected chi connectivity index (χ2v) is 15.1. The fourth-order valence-corrected chi connectivity index (χ4v) is 9.30. The predicted molar refractivity (Wildman–Crippen MR) is 172 cm³/mol. The summed E-state index contributed by atoms with van der Waals surface area (Å²) in [5.74, 6) is 1.14. The van der Waals surface area contributed by atoms with Crippen LogP contribution in [-0.4, -0.2) is 40.6 Å². The summed E-state index contributed by atoms with van der Waals surface area (Å²) in [4.78, 5) is 38.6. The van der Waals surface area contributed by atoms with E-state index in [9.17, 15) is 14.7 Å². The Morgan fingerprint density at radius 3 is 2.30 bits per heavy atom. The van der Waals surface area contributed by atoms with Crippen LogP contribution in [0.25, 0.3) is 10.4 Å². The van der Waals surface area contributed by atoms with E-state index < -0.39 is 5.97 Å². The van der Waals surface area contributed by atoms with E-state index in [1.165, 1.54) is 29.0 Å². The summed E-state index contributed by atoms with van der Waals surface area (Å²) in [6, 6.07) is 10.8. The Labute approximate surface area is 264 Å². The molecule has 2 aromatic heterocycles. The molecule has 8 rings (SSSR count). The number of aliphatic carboxylic acids is 1. The Balaban J connectivity index is 1.14. The van der Waals surface area contributed by atoms with Crippen molar-refractivity contribution in [2.24, 2.45) is 17.3 Å². The number of ether oxygens (including phenoxy) is 1. The molecule has 0 saturated heterocycles. The number of pyridine rings is 1. The average molecular weight is 614 g/mol. The van der Waals surface area contributed by atoms with Crippen molar-refractivity contribution in [3.8, 4) is 16.2 Å². The van der Waals surface area contributed by atoms with E-state index in [2.05, 4.69) is 31.2 Å². The molecule has 1 amide bonds. The van der Waals surface area contributed by atoms with Crippen LogP contribution in [-0.2, 0) is 15.0 Å². The number of nitrogens with zero attached hydrogens (tertiary/aromatic N) is 3. The number of carbonyl (C=O) groups is 2. The van der Waals surface area contributed by atoms with Gasteiger partial charge in [0.05, 0.1) is 22.9 Å². The fraction of sp³-hybridized carbons (Fsp3) is 0.556. The van der Waals surface area contributed by atoms with Crippen LogP contribution in [0.5, 0.6) is 5.75 Å². The summed E-state index contributed by atoms with van der Waals surface area (Å²) in [6.07, 6.45) is 15.3. The lowest BCUT2D eigenvalue weighted by Crippen LogP contribution is -2.52. The second kappa shape index (κ2) is 11.6. The van der Waals surface area contributed by atoms with Gasteiger partial charge in [0.1, 0.15) is 11.6 Å². The summed E-state index contributed by atoms with van der Waals surface area (Å²) in [7, 11) is 1.73. The molecular formula is C36H43N3O4S. The molecule has 5 aliphatic carbocycles. The minimum absolute atomic E-state index is 0.0680. The van der Waals surface area contributed by atoms with Crippen molar-refractivity contribution >= 4 is 29.0 Å². The maximum Gasteiger partial charge on any atom is 0.306 e. The first-order valence-electron chi connectivity index (χ1n) is 16.4. The molecule has 5 aliphatic rings. The quantitative estimate of drug-likeness (QED) is 0.264. The van der Waals surface area contributed by atoms with Crippen molar-refractivity contribution in [2.45, 2.75) is 95.3 Å². The summed E-state index contributed by atoms with van der Waals surface area (Å²) in [6.45, 7) is 2.80. The lowest BCUT2D eigenvalue weighted by atomic mass is 9.51. The van der Waals surface area contributed by atoms with Crippen molar-refractivity contribution in [1.82, 2.24) is 9.97 Å². The number of thiazole rings is 1. The predicted octanol–water partition coefficient (Wildman–Crippen LogP) is 7.92. The zero-order valence-corrected chi connectivity index (χ0v) is 26.7. The third kappa shape index (κ3) is 5.55. The van der Waals surface area contributed by atoms with Crippen molar-refractivity contribution < 1.29 is 19.4 Å². The normalized spacial score (nSPS) is 28.0. The first kappa shape index (κ1) is 29.5. The van der Waals surface area contributed by atoms with Gasteiger partial charge >= 0.3 is 5.97 Å². The van der Waals surface area contributed by atoms with Crippen molar-refractivity contribution in [1.29, 1.82) is 0 Å². The number of carboxylic acid groups (broad SMARTS) is 1. The molecule has 44 heavy (non-hydrogen) atoms. The maximum absolute atomic E-state index is 14.4. The number of aryl methyl sites for hydroxylation is 1. The lowest BCUT2D eigenvalue weighted by molar-refractivity contribution is -0.144. The highest BCUT2D eigenvalue weighted by Crippen LogP contribution is 2.58. The van der Waals surface area contributed by atoms with Crippen LogP contribution in [0.2, 0.25) is 0 Å². The van der Waals surface area contributed by atoms with Crippen molar-refractivity contribution in [2.75, 3.05) is 18.6 Å². The molecule has 0 radical (unpaired) electrons. The van der Waals surface area contributed by atoms with Gasteiger partial charge in [0.25, 0.3) is 0 Å². The third-order valence-electron chi connectivity index (χ3n) is 11.4. The molecule has 0 aliphatic heterocycles. The van der Waals surface area contributed by atoms with Crippen molar-refractivity contribution in [3.63, 3.8) is 0 Å². The minimum Gasteiger partial charge on any atom is -0.496 e. The minimum atomic E-state index is -0.740. The van der Waals surface area contributed by atoms with Gasteiger partial charge in [-0.3, -0.25) is 14.5 Å². The van der Waals surface area contributed by atoms with Gasteiger partial charge < -0.3 is 9.84 Å². The first-order chi connectivity index (χ1) is 21.3. The Bertz CT molecular complexity index is 1530. The number of rotatable bonds is 9. The van der Waals surface area contributed by atoms with E-state index in [0.717, 1.165) is 60.5 Å². The Hall–Kier alpha value is -3.26. The van der Waals surface area contributed by atoms with Gasteiger partial charge in [-0.05, 0) is 130 Å². The summed E-state index contributed by atoms with van der Waals surface area (Å²) in [5.41, 5.74) is 3.94. The van der Waals surface area contributed by atoms with Crippen LogP contribution in [0.15, 0.2) is 42.7 Å². The highest BCUT2D eigenvalue weighted by Gasteiger charge is 2.51. The zero-order valence-electron chi connectivity index (χ0n) is 25.9. The average Bonchev–Trinajstić information content (AvgIpc) is 3.80. The van der Waals surface area contributed by atoms with Gasteiger partial charge in [-0.1, -0.05) is 12.1 Å². The van der Waals surface area contributed by atoms with E-state index in [4.69, 9.17) is 14.7 Å². The molecule has 7 nitrogen and oxygen atoms in total. The number of fused-ring (bicyclic) bond motifs is 3. The fourth-order valence-electron chi connectivity index (χ4n) is 8.22. The SMILES string of the molecule is COc1ccc(C23CCC(CN(C(=O)C4CCC(C(=O)O)CC4)c4cc(-c5cnc(C6CC6)s5)ccn4)(CC2)CC3)cc1C. The summed E-state index contributed by atoms with van der Waals surface area (Å²) in [5, 5.41) is 10.8. The van der Waals surface area contributed by atoms with Crippen LogP contribution in [0, 0.1) is 24.2 Å². The summed E-state index contributed by atoms with van der Waals surface area (Å²) < 4.78 is 5.53. The molecule has 5 fully saturated rings. The number of hydrogen-bond acceptors (Lipinski definition) is 6. The third-order valence-corrected chi connectivity index (χ3v) is 12.6. The largest absolute Gasteiger partial charge is 0.496 e. The number of methoxy groups -OCH3 is 1.